The molecule has 58 valence electrons. The minimum absolute atomic E-state index is 0.201. The molecule has 1 unspecified atom stereocenters. The summed E-state index contributed by atoms with van der Waals surface area (Å²) >= 11 is 0. The van der Waals surface area contributed by atoms with Crippen molar-refractivity contribution in [2.75, 3.05) is 19.8 Å². The molecule has 0 radical (unpaired) electrons. The zero-order valence-electron chi connectivity index (χ0n) is 5.83. The summed E-state index contributed by atoms with van der Waals surface area (Å²) in [6.07, 6.45) is -0.794. The van der Waals surface area contributed by atoms with Crippen LogP contribution in [0.2, 0.25) is 0 Å². The van der Waals surface area contributed by atoms with E-state index in [1.165, 1.54) is 0 Å². The second-order valence-corrected chi connectivity index (χ2v) is 1.96. The summed E-state index contributed by atoms with van der Waals surface area (Å²) in [5.41, 5.74) is 0. The SMILES string of the molecule is CCOCC1COC(=O)O1. The van der Waals surface area contributed by atoms with Crippen molar-refractivity contribution < 1.29 is 19.0 Å². The van der Waals surface area contributed by atoms with E-state index in [1.807, 2.05) is 6.92 Å². The van der Waals surface area contributed by atoms with E-state index in [1.54, 1.807) is 0 Å². The molecule has 0 aromatic carbocycles. The Labute approximate surface area is 59.1 Å². The van der Waals surface area contributed by atoms with Crippen molar-refractivity contribution in [1.29, 1.82) is 0 Å². The zero-order valence-corrected chi connectivity index (χ0v) is 5.83. The Hall–Kier alpha value is -0.770. The number of cyclic esters (lactones) is 2. The number of carbonyl (C=O) groups is 1. The lowest BCUT2D eigenvalue weighted by molar-refractivity contribution is 0.0515. The molecular formula is C6H10O4. The van der Waals surface area contributed by atoms with Crippen LogP contribution >= 0.6 is 0 Å². The van der Waals surface area contributed by atoms with Gasteiger partial charge in [0.05, 0.1) is 6.61 Å². The molecule has 0 bridgehead atoms. The fourth-order valence-corrected chi connectivity index (χ4v) is 0.697. The van der Waals surface area contributed by atoms with E-state index in [4.69, 9.17) is 4.74 Å². The van der Waals surface area contributed by atoms with Crippen molar-refractivity contribution in [1.82, 2.24) is 0 Å². The van der Waals surface area contributed by atoms with Crippen LogP contribution in [0.15, 0.2) is 0 Å². The van der Waals surface area contributed by atoms with Crippen LogP contribution in [0, 0.1) is 0 Å². The first kappa shape index (κ1) is 7.34. The van der Waals surface area contributed by atoms with Gasteiger partial charge in [0.2, 0.25) is 0 Å². The minimum Gasteiger partial charge on any atom is -0.430 e. The van der Waals surface area contributed by atoms with Gasteiger partial charge in [-0.25, -0.2) is 4.79 Å². The maximum absolute atomic E-state index is 10.3. The molecule has 1 aliphatic heterocycles. The molecule has 0 aromatic rings. The van der Waals surface area contributed by atoms with Crippen LogP contribution in [0.4, 0.5) is 4.79 Å². The number of carbonyl (C=O) groups excluding carboxylic acids is 1. The molecule has 1 rings (SSSR count). The van der Waals surface area contributed by atoms with E-state index >= 15 is 0 Å². The molecule has 0 saturated carbocycles. The van der Waals surface area contributed by atoms with Gasteiger partial charge in [0.1, 0.15) is 6.61 Å². The second-order valence-electron chi connectivity index (χ2n) is 1.96. The molecule has 4 nitrogen and oxygen atoms in total. The lowest BCUT2D eigenvalue weighted by Crippen LogP contribution is -2.17. The molecule has 1 aliphatic rings. The van der Waals surface area contributed by atoms with Crippen molar-refractivity contribution in [3.63, 3.8) is 0 Å². The number of rotatable bonds is 3. The van der Waals surface area contributed by atoms with Crippen molar-refractivity contribution in [3.8, 4) is 0 Å². The van der Waals surface area contributed by atoms with Crippen LogP contribution in [0.3, 0.4) is 0 Å². The Morgan fingerprint density at radius 2 is 2.60 bits per heavy atom. The monoisotopic (exact) mass is 146 g/mol. The molecule has 0 N–H and O–H groups in total. The van der Waals surface area contributed by atoms with Crippen molar-refractivity contribution >= 4 is 6.16 Å². The molecule has 1 saturated heterocycles. The number of ether oxygens (including phenoxy) is 3. The maximum Gasteiger partial charge on any atom is 0.508 e. The highest BCUT2D eigenvalue weighted by Gasteiger charge is 2.24. The Balaban J connectivity index is 2.12. The largest absolute Gasteiger partial charge is 0.508 e. The third kappa shape index (κ3) is 1.88. The molecule has 10 heavy (non-hydrogen) atoms. The fourth-order valence-electron chi connectivity index (χ4n) is 0.697. The standard InChI is InChI=1S/C6H10O4/c1-2-8-3-5-4-9-6(7)10-5/h5H,2-4H2,1H3. The molecule has 0 spiro atoms. The fraction of sp³-hybridized carbons (Fsp3) is 0.833. The van der Waals surface area contributed by atoms with Gasteiger partial charge in [-0.05, 0) is 6.92 Å². The van der Waals surface area contributed by atoms with E-state index in [0.717, 1.165) is 0 Å². The van der Waals surface area contributed by atoms with Gasteiger partial charge in [-0.1, -0.05) is 0 Å². The zero-order chi connectivity index (χ0) is 7.40. The van der Waals surface area contributed by atoms with Crippen LogP contribution in [0.1, 0.15) is 6.92 Å². The van der Waals surface area contributed by atoms with E-state index in [2.05, 4.69) is 9.47 Å². The highest BCUT2D eigenvalue weighted by molar-refractivity contribution is 5.61. The normalized spacial score (nSPS) is 24.1. The quantitative estimate of drug-likeness (QED) is 0.545. The first-order valence-corrected chi connectivity index (χ1v) is 3.24. The van der Waals surface area contributed by atoms with Crippen LogP contribution in [-0.4, -0.2) is 32.1 Å². The van der Waals surface area contributed by atoms with Crippen molar-refractivity contribution in [2.45, 2.75) is 13.0 Å². The smallest absolute Gasteiger partial charge is 0.430 e. The Morgan fingerprint density at radius 1 is 1.80 bits per heavy atom. The van der Waals surface area contributed by atoms with Crippen molar-refractivity contribution in [3.05, 3.63) is 0 Å². The molecule has 0 aliphatic carbocycles. The molecule has 0 aromatic heterocycles. The van der Waals surface area contributed by atoms with Gasteiger partial charge in [0.15, 0.2) is 6.10 Å². The van der Waals surface area contributed by atoms with Gasteiger partial charge < -0.3 is 14.2 Å². The summed E-state index contributed by atoms with van der Waals surface area (Å²) in [6, 6.07) is 0. The maximum atomic E-state index is 10.3. The van der Waals surface area contributed by atoms with Crippen LogP contribution in [0.25, 0.3) is 0 Å². The van der Waals surface area contributed by atoms with Gasteiger partial charge in [0.25, 0.3) is 0 Å². The van der Waals surface area contributed by atoms with Gasteiger partial charge in [-0.2, -0.15) is 0 Å². The van der Waals surface area contributed by atoms with Crippen LogP contribution in [-0.2, 0) is 14.2 Å². The topological polar surface area (TPSA) is 44.8 Å². The summed E-state index contributed by atoms with van der Waals surface area (Å²) in [5, 5.41) is 0. The third-order valence-electron chi connectivity index (χ3n) is 1.16. The number of hydrogen-bond donors (Lipinski definition) is 0. The summed E-state index contributed by atoms with van der Waals surface area (Å²) in [5.74, 6) is 0. The molecule has 1 fully saturated rings. The van der Waals surface area contributed by atoms with Crippen molar-refractivity contribution in [2.24, 2.45) is 0 Å². The van der Waals surface area contributed by atoms with Crippen LogP contribution in [0.5, 0.6) is 0 Å². The highest BCUT2D eigenvalue weighted by atomic mass is 16.8. The first-order chi connectivity index (χ1) is 4.83. The van der Waals surface area contributed by atoms with E-state index in [0.29, 0.717) is 19.8 Å². The molecule has 4 heteroatoms. The average molecular weight is 146 g/mol. The highest BCUT2D eigenvalue weighted by Crippen LogP contribution is 2.05. The summed E-state index contributed by atoms with van der Waals surface area (Å²) in [4.78, 5) is 10.3. The van der Waals surface area contributed by atoms with E-state index in [-0.39, 0.29) is 6.10 Å². The summed E-state index contributed by atoms with van der Waals surface area (Å²) in [6.45, 7) is 3.27. The molecule has 1 heterocycles. The summed E-state index contributed by atoms with van der Waals surface area (Å²) in [7, 11) is 0. The summed E-state index contributed by atoms with van der Waals surface area (Å²) < 4.78 is 14.2. The first-order valence-electron chi connectivity index (χ1n) is 3.24. The van der Waals surface area contributed by atoms with Gasteiger partial charge in [0, 0.05) is 6.61 Å². The Bertz CT molecular complexity index is 123. The third-order valence-corrected chi connectivity index (χ3v) is 1.16. The average Bonchev–Trinajstić information content (AvgIpc) is 2.31. The predicted molar refractivity (Wildman–Crippen MR) is 32.7 cm³/mol. The van der Waals surface area contributed by atoms with Gasteiger partial charge >= 0.3 is 6.16 Å². The minimum atomic E-state index is -0.593. The second kappa shape index (κ2) is 3.41. The van der Waals surface area contributed by atoms with E-state index in [9.17, 15) is 4.79 Å². The molecular weight excluding hydrogens is 136 g/mol. The lowest BCUT2D eigenvalue weighted by atomic mass is 10.4. The predicted octanol–water partition coefficient (Wildman–Crippen LogP) is 0.558. The van der Waals surface area contributed by atoms with Crippen LogP contribution < -0.4 is 0 Å². The number of hydrogen-bond acceptors (Lipinski definition) is 4. The lowest BCUT2D eigenvalue weighted by Gasteiger charge is -2.04. The Morgan fingerprint density at radius 3 is 3.10 bits per heavy atom. The van der Waals surface area contributed by atoms with E-state index < -0.39 is 6.16 Å². The Kier molecular flexibility index (Phi) is 2.50. The van der Waals surface area contributed by atoms with Gasteiger partial charge in [-0.15, -0.1) is 0 Å². The van der Waals surface area contributed by atoms with Gasteiger partial charge in [-0.3, -0.25) is 0 Å². The molecule has 0 amide bonds. The molecule has 1 atom stereocenters.